The average Bonchev–Trinajstić information content (AvgIpc) is 2.65. The Morgan fingerprint density at radius 2 is 1.67 bits per heavy atom. The first-order chi connectivity index (χ1) is 12.8. The fourth-order valence-electron chi connectivity index (χ4n) is 2.35. The van der Waals surface area contributed by atoms with Crippen LogP contribution in [0.2, 0.25) is 10.0 Å². The monoisotopic (exact) mass is 420 g/mol. The van der Waals surface area contributed by atoms with Crippen molar-refractivity contribution in [3.63, 3.8) is 0 Å². The van der Waals surface area contributed by atoms with Gasteiger partial charge >= 0.3 is 0 Å². The van der Waals surface area contributed by atoms with Crippen LogP contribution in [0.25, 0.3) is 0 Å². The van der Waals surface area contributed by atoms with Crippen LogP contribution in [0.4, 0.5) is 5.82 Å². The van der Waals surface area contributed by atoms with Crippen molar-refractivity contribution in [2.24, 2.45) is 0 Å². The minimum absolute atomic E-state index is 0.0640. The third-order valence-electron chi connectivity index (χ3n) is 3.69. The van der Waals surface area contributed by atoms with Gasteiger partial charge in [0.15, 0.2) is 9.84 Å². The maximum atomic E-state index is 12.7. The van der Waals surface area contributed by atoms with Crippen LogP contribution in [-0.4, -0.2) is 19.3 Å². The molecule has 3 aromatic rings. The number of hydrogen-bond donors (Lipinski definition) is 1. The third kappa shape index (κ3) is 5.07. The van der Waals surface area contributed by atoms with Crippen molar-refractivity contribution in [1.82, 2.24) is 4.98 Å². The molecule has 0 radical (unpaired) electrons. The van der Waals surface area contributed by atoms with Gasteiger partial charge in [0.25, 0.3) is 5.91 Å². The molecule has 0 fully saturated rings. The standard InChI is InChI=1S/C19H14Cl2N2O3S/c20-15-6-4-13(5-7-15)12-27(25,26)17-3-1-2-14(10-17)19(24)23-18-9-8-16(21)11-22-18/h1-11H,12H2,(H,22,23,24). The van der Waals surface area contributed by atoms with Gasteiger partial charge in [-0.3, -0.25) is 4.79 Å². The number of anilines is 1. The Bertz CT molecular complexity index is 1070. The number of hydrogen-bond acceptors (Lipinski definition) is 4. The summed E-state index contributed by atoms with van der Waals surface area (Å²) in [6.45, 7) is 0. The lowest BCUT2D eigenvalue weighted by molar-refractivity contribution is 0.102. The van der Waals surface area contributed by atoms with Crippen LogP contribution in [0.1, 0.15) is 15.9 Å². The summed E-state index contributed by atoms with van der Waals surface area (Å²) in [4.78, 5) is 16.4. The molecule has 0 spiro atoms. The largest absolute Gasteiger partial charge is 0.307 e. The Morgan fingerprint density at radius 1 is 0.963 bits per heavy atom. The summed E-state index contributed by atoms with van der Waals surface area (Å²) >= 11 is 11.6. The van der Waals surface area contributed by atoms with Crippen molar-refractivity contribution in [2.75, 3.05) is 5.32 Å². The van der Waals surface area contributed by atoms with Crippen LogP contribution < -0.4 is 5.32 Å². The molecule has 1 aromatic heterocycles. The lowest BCUT2D eigenvalue weighted by atomic mass is 10.2. The van der Waals surface area contributed by atoms with E-state index in [4.69, 9.17) is 23.2 Å². The summed E-state index contributed by atoms with van der Waals surface area (Å²) in [7, 11) is -3.62. The van der Waals surface area contributed by atoms with Crippen molar-refractivity contribution in [3.05, 3.63) is 88.0 Å². The Kier molecular flexibility index (Phi) is 5.79. The molecule has 5 nitrogen and oxygen atoms in total. The first kappa shape index (κ1) is 19.4. The Balaban J connectivity index is 1.80. The number of halogens is 2. The number of aromatic nitrogens is 1. The quantitative estimate of drug-likeness (QED) is 0.653. The van der Waals surface area contributed by atoms with Gasteiger partial charge in [0, 0.05) is 16.8 Å². The first-order valence-electron chi connectivity index (χ1n) is 7.84. The number of pyridine rings is 1. The van der Waals surface area contributed by atoms with Crippen molar-refractivity contribution in [2.45, 2.75) is 10.6 Å². The molecule has 8 heteroatoms. The molecule has 27 heavy (non-hydrogen) atoms. The minimum Gasteiger partial charge on any atom is -0.307 e. The highest BCUT2D eigenvalue weighted by Crippen LogP contribution is 2.20. The molecule has 1 amide bonds. The molecule has 0 aliphatic carbocycles. The third-order valence-corrected chi connectivity index (χ3v) is 5.86. The van der Waals surface area contributed by atoms with Gasteiger partial charge in [0.2, 0.25) is 0 Å². The van der Waals surface area contributed by atoms with Crippen molar-refractivity contribution in [3.8, 4) is 0 Å². The topological polar surface area (TPSA) is 76.1 Å². The number of carbonyl (C=O) groups is 1. The second-order valence-corrected chi connectivity index (χ2v) is 8.59. The Morgan fingerprint density at radius 3 is 2.33 bits per heavy atom. The van der Waals surface area contributed by atoms with E-state index in [0.717, 1.165) is 0 Å². The normalized spacial score (nSPS) is 11.2. The molecule has 0 aliphatic heterocycles. The zero-order valence-corrected chi connectivity index (χ0v) is 16.2. The molecular formula is C19H14Cl2N2O3S. The van der Waals surface area contributed by atoms with Crippen molar-refractivity contribution < 1.29 is 13.2 Å². The van der Waals surface area contributed by atoms with E-state index in [1.807, 2.05) is 0 Å². The SMILES string of the molecule is O=C(Nc1ccc(Cl)cn1)c1cccc(S(=O)(=O)Cc2ccc(Cl)cc2)c1. The minimum atomic E-state index is -3.62. The van der Waals surface area contributed by atoms with E-state index in [0.29, 0.717) is 21.4 Å². The van der Waals surface area contributed by atoms with Gasteiger partial charge in [-0.15, -0.1) is 0 Å². The molecule has 0 aliphatic rings. The van der Waals surface area contributed by atoms with E-state index in [1.165, 1.54) is 30.5 Å². The van der Waals surface area contributed by atoms with Crippen molar-refractivity contribution >= 4 is 44.8 Å². The summed E-state index contributed by atoms with van der Waals surface area (Å²) in [6, 6.07) is 15.6. The molecule has 0 saturated carbocycles. The summed E-state index contributed by atoms with van der Waals surface area (Å²) < 4.78 is 25.3. The van der Waals surface area contributed by atoms with Crippen LogP contribution in [-0.2, 0) is 15.6 Å². The molecule has 0 saturated heterocycles. The number of rotatable bonds is 5. The van der Waals surface area contributed by atoms with Crippen molar-refractivity contribution in [1.29, 1.82) is 0 Å². The highest BCUT2D eigenvalue weighted by Gasteiger charge is 2.17. The summed E-state index contributed by atoms with van der Waals surface area (Å²) in [5, 5.41) is 3.58. The second-order valence-electron chi connectivity index (χ2n) is 5.73. The predicted octanol–water partition coefficient (Wildman–Crippen LogP) is 4.61. The molecule has 0 atom stereocenters. The van der Waals surface area contributed by atoms with E-state index >= 15 is 0 Å². The Hall–Kier alpha value is -2.41. The van der Waals surface area contributed by atoms with Gasteiger partial charge in [-0.25, -0.2) is 13.4 Å². The van der Waals surface area contributed by atoms with Crippen LogP contribution in [0, 0.1) is 0 Å². The number of sulfone groups is 1. The molecule has 3 rings (SSSR count). The fourth-order valence-corrected chi connectivity index (χ4v) is 3.98. The fraction of sp³-hybridized carbons (Fsp3) is 0.0526. The van der Waals surface area contributed by atoms with Gasteiger partial charge in [-0.2, -0.15) is 0 Å². The van der Waals surface area contributed by atoms with Crippen LogP contribution in [0.5, 0.6) is 0 Å². The van der Waals surface area contributed by atoms with E-state index in [1.54, 1.807) is 36.4 Å². The van der Waals surface area contributed by atoms with E-state index in [9.17, 15) is 13.2 Å². The molecule has 138 valence electrons. The van der Waals surface area contributed by atoms with Gasteiger partial charge in [0.1, 0.15) is 5.82 Å². The zero-order valence-electron chi connectivity index (χ0n) is 13.9. The van der Waals surface area contributed by atoms with Crippen LogP contribution >= 0.6 is 23.2 Å². The van der Waals surface area contributed by atoms with Gasteiger partial charge < -0.3 is 5.32 Å². The van der Waals surface area contributed by atoms with Crippen LogP contribution in [0.15, 0.2) is 71.8 Å². The van der Waals surface area contributed by atoms with E-state index < -0.39 is 15.7 Å². The maximum Gasteiger partial charge on any atom is 0.256 e. The molecule has 0 unspecified atom stereocenters. The lowest BCUT2D eigenvalue weighted by Gasteiger charge is -2.08. The first-order valence-corrected chi connectivity index (χ1v) is 10.2. The number of benzene rings is 2. The maximum absolute atomic E-state index is 12.7. The Labute approximate surface area is 166 Å². The molecular weight excluding hydrogens is 407 g/mol. The van der Waals surface area contributed by atoms with Gasteiger partial charge in [0.05, 0.1) is 15.7 Å². The highest BCUT2D eigenvalue weighted by atomic mass is 35.5. The zero-order chi connectivity index (χ0) is 19.4. The van der Waals surface area contributed by atoms with E-state index in [2.05, 4.69) is 10.3 Å². The number of carbonyl (C=O) groups excluding carboxylic acids is 1. The summed E-state index contributed by atoms with van der Waals surface area (Å²) in [5.74, 6) is -0.333. The van der Waals surface area contributed by atoms with E-state index in [-0.39, 0.29) is 16.2 Å². The number of nitrogens with one attached hydrogen (secondary N) is 1. The summed E-state index contributed by atoms with van der Waals surface area (Å²) in [6.07, 6.45) is 1.41. The molecule has 1 heterocycles. The predicted molar refractivity (Wildman–Crippen MR) is 106 cm³/mol. The smallest absolute Gasteiger partial charge is 0.256 e. The van der Waals surface area contributed by atoms with Crippen LogP contribution in [0.3, 0.4) is 0 Å². The summed E-state index contributed by atoms with van der Waals surface area (Å²) in [5.41, 5.74) is 0.823. The van der Waals surface area contributed by atoms with Gasteiger partial charge in [-0.1, -0.05) is 41.4 Å². The molecule has 1 N–H and O–H groups in total. The molecule has 0 bridgehead atoms. The second kappa shape index (κ2) is 8.08. The number of amides is 1. The number of nitrogens with zero attached hydrogens (tertiary/aromatic N) is 1. The average molecular weight is 421 g/mol. The molecule has 2 aromatic carbocycles. The highest BCUT2D eigenvalue weighted by molar-refractivity contribution is 7.90. The lowest BCUT2D eigenvalue weighted by Crippen LogP contribution is -2.14. The van der Waals surface area contributed by atoms with Gasteiger partial charge in [-0.05, 0) is 48.0 Å².